The molecule has 0 radical (unpaired) electrons. The molecule has 0 aliphatic carbocycles. The van der Waals surface area contributed by atoms with Crippen LogP contribution in [0.5, 0.6) is 5.75 Å². The van der Waals surface area contributed by atoms with E-state index in [9.17, 15) is 0 Å². The minimum atomic E-state index is 0.476. The molecule has 0 aliphatic heterocycles. The van der Waals surface area contributed by atoms with Gasteiger partial charge in [0.05, 0.1) is 7.11 Å². The predicted molar refractivity (Wildman–Crippen MR) is 143 cm³/mol. The van der Waals surface area contributed by atoms with Crippen molar-refractivity contribution in [1.29, 1.82) is 0 Å². The number of pyridine rings is 2. The van der Waals surface area contributed by atoms with Crippen molar-refractivity contribution in [3.8, 4) is 16.9 Å². The first kappa shape index (κ1) is 23.2. The van der Waals surface area contributed by atoms with Crippen LogP contribution in [0.3, 0.4) is 0 Å². The van der Waals surface area contributed by atoms with Gasteiger partial charge in [0.15, 0.2) is 0 Å². The molecule has 162 valence electrons. The molecule has 0 aliphatic rings. The molecule has 9 heteroatoms. The van der Waals surface area contributed by atoms with Crippen molar-refractivity contribution in [3.63, 3.8) is 0 Å². The number of methoxy groups -OCH3 is 1. The molecular formula is C23H15Br4N3O2. The first-order valence-corrected chi connectivity index (χ1v) is 12.4. The maximum Gasteiger partial charge on any atom is 0.227 e. The van der Waals surface area contributed by atoms with E-state index in [4.69, 9.17) is 14.9 Å². The summed E-state index contributed by atoms with van der Waals surface area (Å²) in [5.41, 5.74) is 9.18. The lowest BCUT2D eigenvalue weighted by Gasteiger charge is -2.11. The number of nitrogens with zero attached hydrogens (tertiary/aromatic N) is 2. The average Bonchev–Trinajstić information content (AvgIpc) is 3.13. The van der Waals surface area contributed by atoms with Crippen LogP contribution in [0, 0.1) is 0 Å². The Morgan fingerprint density at radius 1 is 0.750 bits per heavy atom. The van der Waals surface area contributed by atoms with E-state index in [1.54, 1.807) is 19.5 Å². The van der Waals surface area contributed by atoms with E-state index in [0.29, 0.717) is 11.5 Å². The second-order valence-electron chi connectivity index (χ2n) is 6.68. The molecule has 0 saturated carbocycles. The monoisotopic (exact) mass is 681 g/mol. The lowest BCUT2D eigenvalue weighted by atomic mass is 10.1. The lowest BCUT2D eigenvalue weighted by molar-refractivity contribution is 0.416. The zero-order valence-electron chi connectivity index (χ0n) is 16.6. The number of furan rings is 1. The molecular weight excluding hydrogens is 670 g/mol. The van der Waals surface area contributed by atoms with Crippen molar-refractivity contribution < 1.29 is 9.15 Å². The Kier molecular flexibility index (Phi) is 7.19. The van der Waals surface area contributed by atoms with Crippen molar-refractivity contribution in [2.75, 3.05) is 12.8 Å². The second-order valence-corrected chi connectivity index (χ2v) is 10.3. The summed E-state index contributed by atoms with van der Waals surface area (Å²) in [6.07, 6.45) is 3.41. The van der Waals surface area contributed by atoms with Gasteiger partial charge in [-0.3, -0.25) is 0 Å². The average molecular weight is 685 g/mol. The molecule has 32 heavy (non-hydrogen) atoms. The standard InChI is InChI=1S/C12H10Br2N2O.C11H5Br2NO/c1-17-11-3-2-7(13)4-9(11)10-5-8(14)6-16-12(10)15;12-6-1-2-10-8(3-6)9-4-7(13)5-14-11(9)15-10/h2-6H,1H3,(H2,15,16);1-5H. The minimum absolute atomic E-state index is 0.476. The summed E-state index contributed by atoms with van der Waals surface area (Å²) in [5.74, 6) is 1.24. The normalized spacial score (nSPS) is 10.8. The number of halogens is 4. The van der Waals surface area contributed by atoms with Gasteiger partial charge in [-0.2, -0.15) is 0 Å². The smallest absolute Gasteiger partial charge is 0.227 e. The molecule has 0 unspecified atom stereocenters. The number of fused-ring (bicyclic) bond motifs is 3. The van der Waals surface area contributed by atoms with E-state index in [0.717, 1.165) is 51.1 Å². The highest BCUT2D eigenvalue weighted by molar-refractivity contribution is 9.11. The summed E-state index contributed by atoms with van der Waals surface area (Å²) >= 11 is 13.7. The predicted octanol–water partition coefficient (Wildman–Crippen LogP) is 8.37. The van der Waals surface area contributed by atoms with Gasteiger partial charge >= 0.3 is 0 Å². The van der Waals surface area contributed by atoms with Crippen LogP contribution in [0.1, 0.15) is 0 Å². The van der Waals surface area contributed by atoms with Crippen molar-refractivity contribution in [1.82, 2.24) is 9.97 Å². The number of nitrogen functional groups attached to an aromatic ring is 1. The topological polar surface area (TPSA) is 74.2 Å². The molecule has 0 atom stereocenters. The number of anilines is 1. The van der Waals surface area contributed by atoms with Crippen LogP contribution in [-0.2, 0) is 0 Å². The van der Waals surface area contributed by atoms with Gasteiger partial charge in [-0.15, -0.1) is 0 Å². The van der Waals surface area contributed by atoms with Crippen molar-refractivity contribution in [2.45, 2.75) is 0 Å². The maximum absolute atomic E-state index is 5.89. The first-order chi connectivity index (χ1) is 15.4. The molecule has 5 aromatic rings. The molecule has 0 saturated heterocycles. The van der Waals surface area contributed by atoms with Crippen molar-refractivity contribution in [3.05, 3.63) is 78.8 Å². The largest absolute Gasteiger partial charge is 0.496 e. The molecule has 3 aromatic heterocycles. The SMILES string of the molecule is Brc1ccc2oc3ncc(Br)cc3c2c1.COc1ccc(Br)cc1-c1cc(Br)cnc1N. The number of nitrogens with two attached hydrogens (primary N) is 1. The van der Waals surface area contributed by atoms with E-state index in [2.05, 4.69) is 73.7 Å². The summed E-state index contributed by atoms with van der Waals surface area (Å²) in [6, 6.07) is 15.6. The highest BCUT2D eigenvalue weighted by Gasteiger charge is 2.11. The molecule has 0 bridgehead atoms. The number of rotatable bonds is 2. The Balaban J connectivity index is 0.000000154. The number of benzene rings is 2. The molecule has 0 amide bonds. The highest BCUT2D eigenvalue weighted by atomic mass is 79.9. The Labute approximate surface area is 217 Å². The molecule has 5 rings (SSSR count). The van der Waals surface area contributed by atoms with E-state index in [1.165, 1.54) is 0 Å². The summed E-state index contributed by atoms with van der Waals surface area (Å²) in [6.45, 7) is 0. The van der Waals surface area contributed by atoms with Crippen LogP contribution in [-0.4, -0.2) is 17.1 Å². The van der Waals surface area contributed by atoms with Gasteiger partial charge in [-0.05, 0) is 80.4 Å². The van der Waals surface area contributed by atoms with Crippen LogP contribution in [0.4, 0.5) is 5.82 Å². The summed E-state index contributed by atoms with van der Waals surface area (Å²) < 4.78 is 14.8. The minimum Gasteiger partial charge on any atom is -0.496 e. The van der Waals surface area contributed by atoms with E-state index in [-0.39, 0.29) is 0 Å². The Morgan fingerprint density at radius 2 is 1.38 bits per heavy atom. The van der Waals surface area contributed by atoms with Gasteiger partial charge in [-0.25, -0.2) is 9.97 Å². The second kappa shape index (κ2) is 9.91. The number of ether oxygens (including phenoxy) is 1. The fraction of sp³-hybridized carbons (Fsp3) is 0.0435. The fourth-order valence-electron chi connectivity index (χ4n) is 3.16. The van der Waals surface area contributed by atoms with Gasteiger partial charge in [-0.1, -0.05) is 31.9 Å². The van der Waals surface area contributed by atoms with Gasteiger partial charge in [0, 0.05) is 52.2 Å². The maximum atomic E-state index is 5.89. The number of aromatic nitrogens is 2. The van der Waals surface area contributed by atoms with Crippen molar-refractivity contribution in [2.24, 2.45) is 0 Å². The van der Waals surface area contributed by atoms with E-state index >= 15 is 0 Å². The zero-order chi connectivity index (χ0) is 22.8. The van der Waals surface area contributed by atoms with Crippen LogP contribution in [0.15, 0.2) is 83.2 Å². The quantitative estimate of drug-likeness (QED) is 0.202. The van der Waals surface area contributed by atoms with Gasteiger partial charge in [0.1, 0.15) is 17.2 Å². The number of hydrogen-bond acceptors (Lipinski definition) is 5. The number of hydrogen-bond donors (Lipinski definition) is 1. The van der Waals surface area contributed by atoms with Crippen LogP contribution < -0.4 is 10.5 Å². The zero-order valence-corrected chi connectivity index (χ0v) is 22.9. The third kappa shape index (κ3) is 5.01. The Bertz CT molecular complexity index is 1380. The van der Waals surface area contributed by atoms with Crippen molar-refractivity contribution >= 4 is 91.6 Å². The van der Waals surface area contributed by atoms with Gasteiger partial charge < -0.3 is 14.9 Å². The molecule has 3 heterocycles. The van der Waals surface area contributed by atoms with E-state index in [1.807, 2.05) is 48.5 Å². The Morgan fingerprint density at radius 3 is 2.16 bits per heavy atom. The van der Waals surface area contributed by atoms with Crippen LogP contribution in [0.2, 0.25) is 0 Å². The summed E-state index contributed by atoms with van der Waals surface area (Å²) in [7, 11) is 1.63. The third-order valence-electron chi connectivity index (χ3n) is 4.59. The van der Waals surface area contributed by atoms with Crippen LogP contribution in [0.25, 0.3) is 33.2 Å². The lowest BCUT2D eigenvalue weighted by Crippen LogP contribution is -1.96. The van der Waals surface area contributed by atoms with Gasteiger partial charge in [0.2, 0.25) is 5.71 Å². The third-order valence-corrected chi connectivity index (χ3v) is 6.45. The van der Waals surface area contributed by atoms with Gasteiger partial charge in [0.25, 0.3) is 0 Å². The highest BCUT2D eigenvalue weighted by Crippen LogP contribution is 2.36. The molecule has 2 N–H and O–H groups in total. The summed E-state index contributed by atoms with van der Waals surface area (Å²) in [5, 5.41) is 2.11. The molecule has 2 aromatic carbocycles. The summed E-state index contributed by atoms with van der Waals surface area (Å²) in [4.78, 5) is 8.34. The fourth-order valence-corrected chi connectivity index (χ4v) is 4.55. The molecule has 0 spiro atoms. The first-order valence-electron chi connectivity index (χ1n) is 9.24. The Hall–Kier alpha value is -1.94. The molecule has 0 fully saturated rings. The molecule has 5 nitrogen and oxygen atoms in total. The van der Waals surface area contributed by atoms with Crippen LogP contribution >= 0.6 is 63.7 Å². The van der Waals surface area contributed by atoms with E-state index < -0.39 is 0 Å².